The first-order chi connectivity index (χ1) is 12.3. The van der Waals surface area contributed by atoms with E-state index in [1.165, 1.54) is 18.3 Å². The van der Waals surface area contributed by atoms with Gasteiger partial charge < -0.3 is 5.32 Å². The van der Waals surface area contributed by atoms with Crippen LogP contribution in [0.5, 0.6) is 0 Å². The molecular formula is C17H13ClFN3O3S. The number of amides is 1. The van der Waals surface area contributed by atoms with Gasteiger partial charge in [0, 0.05) is 27.7 Å². The van der Waals surface area contributed by atoms with Crippen molar-refractivity contribution in [2.45, 2.75) is 11.3 Å². The van der Waals surface area contributed by atoms with Gasteiger partial charge in [0.25, 0.3) is 0 Å². The number of rotatable bonds is 4. The number of nitrogens with zero attached hydrogens (tertiary/aromatic N) is 1. The van der Waals surface area contributed by atoms with Gasteiger partial charge in [-0.3, -0.25) is 9.78 Å². The fraction of sp³-hybridized carbons (Fsp3) is 0.0588. The Kier molecular flexibility index (Phi) is 4.90. The number of nitrogens with two attached hydrogens (primary N) is 1. The van der Waals surface area contributed by atoms with Gasteiger partial charge in [0.1, 0.15) is 5.82 Å². The van der Waals surface area contributed by atoms with Gasteiger partial charge in [0.05, 0.1) is 17.5 Å². The van der Waals surface area contributed by atoms with E-state index in [1.54, 1.807) is 24.3 Å². The normalized spacial score (nSPS) is 11.5. The van der Waals surface area contributed by atoms with Crippen LogP contribution in [0.2, 0.25) is 5.02 Å². The molecule has 26 heavy (non-hydrogen) atoms. The molecule has 134 valence electrons. The predicted octanol–water partition coefficient (Wildman–Crippen LogP) is 2.86. The molecular weight excluding hydrogens is 381 g/mol. The molecule has 3 N–H and O–H groups in total. The topological polar surface area (TPSA) is 102 Å². The Morgan fingerprint density at radius 2 is 1.92 bits per heavy atom. The minimum absolute atomic E-state index is 0.0143. The van der Waals surface area contributed by atoms with Crippen LogP contribution < -0.4 is 10.5 Å². The first-order valence-corrected chi connectivity index (χ1v) is 9.31. The molecule has 0 radical (unpaired) electrons. The average molecular weight is 394 g/mol. The summed E-state index contributed by atoms with van der Waals surface area (Å²) in [5, 5.41) is 8.21. The predicted molar refractivity (Wildman–Crippen MR) is 96.9 cm³/mol. The molecule has 0 aliphatic rings. The van der Waals surface area contributed by atoms with Crippen molar-refractivity contribution in [1.29, 1.82) is 0 Å². The van der Waals surface area contributed by atoms with E-state index in [-0.39, 0.29) is 27.8 Å². The average Bonchev–Trinajstić information content (AvgIpc) is 2.56. The number of primary sulfonamides is 1. The lowest BCUT2D eigenvalue weighted by atomic mass is 10.1. The van der Waals surface area contributed by atoms with Gasteiger partial charge in [-0.1, -0.05) is 29.8 Å². The molecule has 0 aliphatic heterocycles. The molecule has 0 bridgehead atoms. The smallest absolute Gasteiger partial charge is 0.238 e. The van der Waals surface area contributed by atoms with Crippen LogP contribution in [0.1, 0.15) is 5.56 Å². The summed E-state index contributed by atoms with van der Waals surface area (Å²) in [6, 6.07) is 9.33. The van der Waals surface area contributed by atoms with Crippen molar-refractivity contribution >= 4 is 44.0 Å². The molecule has 3 rings (SSSR count). The second kappa shape index (κ2) is 6.99. The van der Waals surface area contributed by atoms with Gasteiger partial charge >= 0.3 is 0 Å². The van der Waals surface area contributed by atoms with Gasteiger partial charge in [-0.25, -0.2) is 17.9 Å². The summed E-state index contributed by atoms with van der Waals surface area (Å²) in [7, 11) is -4.15. The lowest BCUT2D eigenvalue weighted by Crippen LogP contribution is -2.17. The van der Waals surface area contributed by atoms with Crippen LogP contribution in [-0.2, 0) is 21.2 Å². The highest BCUT2D eigenvalue weighted by Crippen LogP contribution is 2.28. The van der Waals surface area contributed by atoms with E-state index in [4.69, 9.17) is 16.7 Å². The Morgan fingerprint density at radius 1 is 1.19 bits per heavy atom. The first kappa shape index (κ1) is 18.2. The van der Waals surface area contributed by atoms with E-state index in [1.807, 2.05) is 0 Å². The molecule has 1 amide bonds. The van der Waals surface area contributed by atoms with E-state index in [0.717, 1.165) is 6.20 Å². The lowest BCUT2D eigenvalue weighted by Gasteiger charge is -2.11. The Labute approximate surface area is 153 Å². The summed E-state index contributed by atoms with van der Waals surface area (Å²) in [6.45, 7) is 0. The van der Waals surface area contributed by atoms with Gasteiger partial charge in [0.15, 0.2) is 0 Å². The maximum Gasteiger partial charge on any atom is 0.238 e. The monoisotopic (exact) mass is 393 g/mol. The molecule has 0 unspecified atom stereocenters. The Hall–Kier alpha value is -2.55. The number of pyridine rings is 1. The number of halogens is 2. The van der Waals surface area contributed by atoms with Crippen LogP contribution in [0.25, 0.3) is 10.8 Å². The quantitative estimate of drug-likeness (QED) is 0.711. The number of hydrogen-bond donors (Lipinski definition) is 2. The summed E-state index contributed by atoms with van der Waals surface area (Å²) >= 11 is 6.02. The van der Waals surface area contributed by atoms with Gasteiger partial charge in [0.2, 0.25) is 15.9 Å². The minimum atomic E-state index is -4.15. The molecule has 0 aliphatic carbocycles. The molecule has 6 nitrogen and oxygen atoms in total. The van der Waals surface area contributed by atoms with Crippen molar-refractivity contribution in [2.24, 2.45) is 5.14 Å². The molecule has 1 aromatic heterocycles. The molecule has 9 heteroatoms. The summed E-state index contributed by atoms with van der Waals surface area (Å²) in [4.78, 5) is 15.6. The summed E-state index contributed by atoms with van der Waals surface area (Å²) < 4.78 is 37.7. The van der Waals surface area contributed by atoms with Gasteiger partial charge in [-0.2, -0.15) is 0 Å². The highest BCUT2D eigenvalue weighted by molar-refractivity contribution is 7.89. The maximum absolute atomic E-state index is 14.0. The second-order valence-electron chi connectivity index (χ2n) is 5.55. The number of fused-ring (bicyclic) bond motifs is 1. The van der Waals surface area contributed by atoms with Gasteiger partial charge in [-0.05, 0) is 23.8 Å². The minimum Gasteiger partial charge on any atom is -0.326 e. The fourth-order valence-electron chi connectivity index (χ4n) is 2.53. The number of hydrogen-bond acceptors (Lipinski definition) is 4. The maximum atomic E-state index is 14.0. The Bertz CT molecular complexity index is 1120. The highest BCUT2D eigenvalue weighted by Gasteiger charge is 2.17. The van der Waals surface area contributed by atoms with Crippen molar-refractivity contribution in [2.75, 3.05) is 5.32 Å². The summed E-state index contributed by atoms with van der Waals surface area (Å²) in [6.07, 6.45) is 2.12. The van der Waals surface area contributed by atoms with Crippen LogP contribution >= 0.6 is 11.6 Å². The third-order valence-electron chi connectivity index (χ3n) is 3.69. The molecule has 2 aromatic carbocycles. The second-order valence-corrected chi connectivity index (χ2v) is 7.49. The summed E-state index contributed by atoms with van der Waals surface area (Å²) in [5.41, 5.74) is 0.707. The van der Waals surface area contributed by atoms with Crippen molar-refractivity contribution in [3.05, 3.63) is 65.2 Å². The number of carbonyl (C=O) groups excluding carboxylic acids is 1. The third kappa shape index (κ3) is 3.82. The van der Waals surface area contributed by atoms with Crippen LogP contribution in [0.3, 0.4) is 0 Å². The van der Waals surface area contributed by atoms with E-state index in [2.05, 4.69) is 10.3 Å². The molecule has 0 saturated heterocycles. The van der Waals surface area contributed by atoms with Gasteiger partial charge in [-0.15, -0.1) is 0 Å². The van der Waals surface area contributed by atoms with E-state index < -0.39 is 21.7 Å². The van der Waals surface area contributed by atoms with E-state index >= 15 is 0 Å². The number of carbonyl (C=O) groups is 1. The molecule has 0 atom stereocenters. The molecule has 3 aromatic rings. The lowest BCUT2D eigenvalue weighted by molar-refractivity contribution is -0.115. The largest absolute Gasteiger partial charge is 0.326 e. The highest BCUT2D eigenvalue weighted by atomic mass is 35.5. The number of aromatic nitrogens is 1. The van der Waals surface area contributed by atoms with E-state index in [0.29, 0.717) is 10.6 Å². The SMILES string of the molecule is NS(=O)(=O)c1cc(NC(=O)Cc2ccccc2Cl)cc2c(F)cncc12. The standard InChI is InChI=1S/C17H13ClFN3O3S/c18-14-4-2-1-3-10(14)5-17(23)22-11-6-12-13(8-21-9-15(12)19)16(7-11)26(20,24)25/h1-4,6-9H,5H2,(H,22,23)(H2,20,24,25). The van der Waals surface area contributed by atoms with Crippen molar-refractivity contribution < 1.29 is 17.6 Å². The zero-order valence-electron chi connectivity index (χ0n) is 13.2. The van der Waals surface area contributed by atoms with E-state index in [9.17, 15) is 17.6 Å². The third-order valence-corrected chi connectivity index (χ3v) is 5.01. The first-order valence-electron chi connectivity index (χ1n) is 7.39. The van der Waals surface area contributed by atoms with Crippen LogP contribution in [0.15, 0.2) is 53.7 Å². The zero-order valence-corrected chi connectivity index (χ0v) is 14.8. The number of anilines is 1. The molecule has 1 heterocycles. The fourth-order valence-corrected chi connectivity index (χ4v) is 3.49. The molecule has 0 fully saturated rings. The molecule has 0 saturated carbocycles. The van der Waals surface area contributed by atoms with Crippen LogP contribution in [-0.4, -0.2) is 19.3 Å². The Balaban J connectivity index is 1.99. The summed E-state index contributed by atoms with van der Waals surface area (Å²) in [5.74, 6) is -1.16. The number of sulfonamides is 1. The van der Waals surface area contributed by atoms with Crippen molar-refractivity contribution in [3.63, 3.8) is 0 Å². The van der Waals surface area contributed by atoms with Crippen LogP contribution in [0, 0.1) is 5.82 Å². The number of benzene rings is 2. The molecule has 0 spiro atoms. The Morgan fingerprint density at radius 3 is 2.62 bits per heavy atom. The van der Waals surface area contributed by atoms with Crippen LogP contribution in [0.4, 0.5) is 10.1 Å². The number of nitrogens with one attached hydrogen (secondary N) is 1. The van der Waals surface area contributed by atoms with Crippen molar-refractivity contribution in [3.8, 4) is 0 Å². The van der Waals surface area contributed by atoms with Crippen molar-refractivity contribution in [1.82, 2.24) is 4.98 Å². The zero-order chi connectivity index (χ0) is 18.9.